The Morgan fingerprint density at radius 2 is 1.74 bits per heavy atom. The van der Waals surface area contributed by atoms with Crippen LogP contribution in [0.15, 0.2) is 85.2 Å². The average molecular weight is 488 g/mol. The zero-order valence-corrected chi connectivity index (χ0v) is 20.9. The molecule has 3 heterocycles. The van der Waals surface area contributed by atoms with Gasteiger partial charge in [-0.05, 0) is 91.4 Å². The third-order valence-electron chi connectivity index (χ3n) is 6.25. The normalized spacial score (nSPS) is 17.6. The van der Waals surface area contributed by atoms with Crippen molar-refractivity contribution in [1.29, 1.82) is 0 Å². The average Bonchev–Trinajstić information content (AvgIpc) is 3.45. The van der Waals surface area contributed by atoms with Crippen LogP contribution >= 0.6 is 23.8 Å². The molecule has 1 fully saturated rings. The molecule has 34 heavy (non-hydrogen) atoms. The summed E-state index contributed by atoms with van der Waals surface area (Å²) in [5, 5.41) is 4.98. The number of nitrogens with zero attached hydrogens (tertiary/aromatic N) is 4. The first-order valence-corrected chi connectivity index (χ1v) is 11.9. The van der Waals surface area contributed by atoms with Gasteiger partial charge in [0.1, 0.15) is 6.04 Å². The second-order valence-electron chi connectivity index (χ2n) is 8.64. The minimum atomic E-state index is -0.107. The smallest absolute Gasteiger partial charge is 0.174 e. The number of anilines is 2. The van der Waals surface area contributed by atoms with Crippen LogP contribution in [0.3, 0.4) is 0 Å². The van der Waals surface area contributed by atoms with Crippen LogP contribution in [0.25, 0.3) is 5.69 Å². The molecule has 1 N–H and O–H groups in total. The molecule has 0 amide bonds. The van der Waals surface area contributed by atoms with E-state index < -0.39 is 0 Å². The zero-order chi connectivity index (χ0) is 23.8. The maximum absolute atomic E-state index is 6.31. The number of rotatable bonds is 5. The predicted molar refractivity (Wildman–Crippen MR) is 144 cm³/mol. The number of benzene rings is 2. The van der Waals surface area contributed by atoms with Crippen molar-refractivity contribution >= 4 is 40.3 Å². The van der Waals surface area contributed by atoms with Crippen molar-refractivity contribution in [2.75, 3.05) is 23.9 Å². The van der Waals surface area contributed by atoms with Crippen LogP contribution in [0.1, 0.15) is 29.0 Å². The molecule has 5 nitrogen and oxygen atoms in total. The van der Waals surface area contributed by atoms with E-state index in [0.29, 0.717) is 5.11 Å². The number of pyridine rings is 1. The summed E-state index contributed by atoms with van der Waals surface area (Å²) < 4.78 is 2.21. The monoisotopic (exact) mass is 487 g/mol. The van der Waals surface area contributed by atoms with Gasteiger partial charge in [-0.3, -0.25) is 4.98 Å². The number of thiocarbonyl (C=S) groups is 1. The Labute approximate surface area is 210 Å². The maximum atomic E-state index is 6.31. The molecule has 2 aromatic carbocycles. The lowest BCUT2D eigenvalue weighted by molar-refractivity contribution is 0.549. The number of aryl methyl sites for hydroxylation is 1. The Morgan fingerprint density at radius 3 is 2.41 bits per heavy atom. The van der Waals surface area contributed by atoms with E-state index in [0.717, 1.165) is 39.0 Å². The second-order valence-corrected chi connectivity index (χ2v) is 9.44. The fraction of sp³-hybridized carbons (Fsp3) is 0.185. The molecule has 0 aliphatic carbocycles. The Hall–Kier alpha value is -3.35. The van der Waals surface area contributed by atoms with Crippen molar-refractivity contribution in [3.05, 3.63) is 107 Å². The predicted octanol–water partition coefficient (Wildman–Crippen LogP) is 6.08. The summed E-state index contributed by atoms with van der Waals surface area (Å²) in [7, 11) is 4.08. The number of hydrogen-bond acceptors (Lipinski definition) is 3. The first-order valence-electron chi connectivity index (χ1n) is 11.2. The van der Waals surface area contributed by atoms with E-state index >= 15 is 0 Å². The van der Waals surface area contributed by atoms with Gasteiger partial charge < -0.3 is 19.7 Å². The van der Waals surface area contributed by atoms with Gasteiger partial charge in [0, 0.05) is 54.3 Å². The van der Waals surface area contributed by atoms with Gasteiger partial charge in [0.2, 0.25) is 0 Å². The van der Waals surface area contributed by atoms with Crippen LogP contribution < -0.4 is 15.1 Å². The van der Waals surface area contributed by atoms with Crippen LogP contribution in [0, 0.1) is 6.92 Å². The van der Waals surface area contributed by atoms with Crippen LogP contribution in [0.4, 0.5) is 11.4 Å². The molecule has 5 rings (SSSR count). The van der Waals surface area contributed by atoms with Gasteiger partial charge in [-0.1, -0.05) is 17.7 Å². The molecular weight excluding hydrogens is 462 g/mol. The van der Waals surface area contributed by atoms with Crippen LogP contribution in [-0.4, -0.2) is 28.8 Å². The van der Waals surface area contributed by atoms with Crippen molar-refractivity contribution in [2.24, 2.45) is 0 Å². The molecular formula is C27H26ClN5S. The second kappa shape index (κ2) is 9.12. The van der Waals surface area contributed by atoms with Gasteiger partial charge in [-0.25, -0.2) is 0 Å². The van der Waals surface area contributed by atoms with Crippen molar-refractivity contribution < 1.29 is 0 Å². The molecule has 1 aliphatic rings. The minimum Gasteiger partial charge on any atom is -0.378 e. The molecule has 1 saturated heterocycles. The van der Waals surface area contributed by atoms with Gasteiger partial charge in [-0.2, -0.15) is 0 Å². The molecule has 0 radical (unpaired) electrons. The van der Waals surface area contributed by atoms with E-state index in [4.69, 9.17) is 23.8 Å². The fourth-order valence-electron chi connectivity index (χ4n) is 4.49. The standard InChI is InChI=1S/C27H26ClN5S/c1-18-17-21(13-14-22(18)28)32-16-6-8-24(32)26-25(23-7-4-5-15-29-23)30-27(34)33(26)20-11-9-19(10-12-20)31(2)3/h4-17,25-26H,1-3H3,(H,30,34)/t25-,26-/m0/s1. The van der Waals surface area contributed by atoms with E-state index in [1.165, 1.54) is 0 Å². The van der Waals surface area contributed by atoms with E-state index in [1.54, 1.807) is 0 Å². The highest BCUT2D eigenvalue weighted by molar-refractivity contribution is 7.80. The lowest BCUT2D eigenvalue weighted by Gasteiger charge is -2.29. The quantitative estimate of drug-likeness (QED) is 0.345. The lowest BCUT2D eigenvalue weighted by atomic mass is 10.0. The molecule has 0 saturated carbocycles. The molecule has 0 bridgehead atoms. The number of hydrogen-bond donors (Lipinski definition) is 1. The van der Waals surface area contributed by atoms with E-state index in [9.17, 15) is 0 Å². The highest BCUT2D eigenvalue weighted by Crippen LogP contribution is 2.42. The molecule has 1 aliphatic heterocycles. The Morgan fingerprint density at radius 1 is 0.971 bits per heavy atom. The molecule has 172 valence electrons. The topological polar surface area (TPSA) is 36.3 Å². The fourth-order valence-corrected chi connectivity index (χ4v) is 4.96. The van der Waals surface area contributed by atoms with Crippen molar-refractivity contribution in [2.45, 2.75) is 19.0 Å². The molecule has 4 aromatic rings. The van der Waals surface area contributed by atoms with Gasteiger partial charge in [0.15, 0.2) is 5.11 Å². The highest BCUT2D eigenvalue weighted by Gasteiger charge is 2.42. The van der Waals surface area contributed by atoms with Gasteiger partial charge >= 0.3 is 0 Å². The van der Waals surface area contributed by atoms with E-state index in [2.05, 4.69) is 73.3 Å². The van der Waals surface area contributed by atoms with Crippen LogP contribution in [0.5, 0.6) is 0 Å². The summed E-state index contributed by atoms with van der Waals surface area (Å²) >= 11 is 12.2. The summed E-state index contributed by atoms with van der Waals surface area (Å²) in [5.74, 6) is 0. The minimum absolute atomic E-state index is 0.0985. The summed E-state index contributed by atoms with van der Waals surface area (Å²) in [6, 6.07) is 24.6. The zero-order valence-electron chi connectivity index (χ0n) is 19.3. The molecule has 7 heteroatoms. The third kappa shape index (κ3) is 4.04. The summed E-state index contributed by atoms with van der Waals surface area (Å²) in [6.45, 7) is 2.02. The van der Waals surface area contributed by atoms with Gasteiger partial charge in [-0.15, -0.1) is 0 Å². The Kier molecular flexibility index (Phi) is 6.02. The number of aromatic nitrogens is 2. The maximum Gasteiger partial charge on any atom is 0.174 e. The van der Waals surface area contributed by atoms with Crippen molar-refractivity contribution in [3.63, 3.8) is 0 Å². The SMILES string of the molecule is Cc1cc(-n2cccc2[C@H]2[C@H](c3ccccn3)NC(=S)N2c2ccc(N(C)C)cc2)ccc1Cl. The highest BCUT2D eigenvalue weighted by atomic mass is 35.5. The van der Waals surface area contributed by atoms with Crippen molar-refractivity contribution in [1.82, 2.24) is 14.9 Å². The third-order valence-corrected chi connectivity index (χ3v) is 6.98. The first kappa shape index (κ1) is 22.4. The van der Waals surface area contributed by atoms with E-state index in [-0.39, 0.29) is 12.1 Å². The number of nitrogens with one attached hydrogen (secondary N) is 1. The Bertz CT molecular complexity index is 1320. The molecule has 2 atom stereocenters. The van der Waals surface area contributed by atoms with Gasteiger partial charge in [0.25, 0.3) is 0 Å². The summed E-state index contributed by atoms with van der Waals surface area (Å²) in [6.07, 6.45) is 3.91. The van der Waals surface area contributed by atoms with Crippen LogP contribution in [-0.2, 0) is 0 Å². The molecule has 0 unspecified atom stereocenters. The lowest BCUT2D eigenvalue weighted by Crippen LogP contribution is -2.30. The Balaban J connectivity index is 1.64. The van der Waals surface area contributed by atoms with E-state index in [1.807, 2.05) is 57.5 Å². The molecule has 0 spiro atoms. The summed E-state index contributed by atoms with van der Waals surface area (Å²) in [5.41, 5.74) is 6.33. The molecule has 2 aromatic heterocycles. The summed E-state index contributed by atoms with van der Waals surface area (Å²) in [4.78, 5) is 8.95. The first-order chi connectivity index (χ1) is 16.4. The van der Waals surface area contributed by atoms with Crippen LogP contribution in [0.2, 0.25) is 5.02 Å². The van der Waals surface area contributed by atoms with Crippen molar-refractivity contribution in [3.8, 4) is 5.69 Å². The largest absolute Gasteiger partial charge is 0.378 e. The number of halogens is 1. The van der Waals surface area contributed by atoms with Gasteiger partial charge in [0.05, 0.1) is 11.7 Å².